The minimum Gasteiger partial charge on any atom is -0.497 e. The molecule has 0 aliphatic rings. The number of carboxylic acid groups (broad SMARTS) is 1. The molecule has 7 heteroatoms. The van der Waals surface area contributed by atoms with Crippen molar-refractivity contribution in [2.75, 3.05) is 7.11 Å². The fourth-order valence-electron chi connectivity index (χ4n) is 2.04. The fourth-order valence-corrected chi connectivity index (χ4v) is 3.23. The van der Waals surface area contributed by atoms with E-state index >= 15 is 0 Å². The maximum absolute atomic E-state index is 12.3. The molecule has 0 aromatic heterocycles. The van der Waals surface area contributed by atoms with Crippen molar-refractivity contribution >= 4 is 16.0 Å². The third-order valence-electron chi connectivity index (χ3n) is 3.25. The van der Waals surface area contributed by atoms with E-state index in [9.17, 15) is 18.3 Å². The van der Waals surface area contributed by atoms with Gasteiger partial charge in [0.15, 0.2) is 0 Å². The van der Waals surface area contributed by atoms with Crippen LogP contribution in [-0.2, 0) is 21.2 Å². The molecule has 6 nitrogen and oxygen atoms in total. The van der Waals surface area contributed by atoms with Crippen LogP contribution in [0, 0.1) is 0 Å². The van der Waals surface area contributed by atoms with Crippen LogP contribution in [0.2, 0.25) is 0 Å². The molecule has 122 valence electrons. The molecule has 0 bridgehead atoms. The summed E-state index contributed by atoms with van der Waals surface area (Å²) in [5.74, 6) is -0.714. The summed E-state index contributed by atoms with van der Waals surface area (Å²) >= 11 is 0. The molecular weight excluding hydrogens is 318 g/mol. The van der Waals surface area contributed by atoms with Crippen LogP contribution in [-0.4, -0.2) is 32.6 Å². The second kappa shape index (κ2) is 7.26. The normalized spacial score (nSPS) is 12.6. The van der Waals surface area contributed by atoms with E-state index in [2.05, 4.69) is 4.72 Å². The molecular formula is C16H17NO5S. The largest absolute Gasteiger partial charge is 0.497 e. The van der Waals surface area contributed by atoms with Crippen LogP contribution in [0.1, 0.15) is 5.56 Å². The highest BCUT2D eigenvalue weighted by Gasteiger charge is 2.25. The third kappa shape index (κ3) is 4.54. The fraction of sp³-hybridized carbons (Fsp3) is 0.188. The second-order valence-electron chi connectivity index (χ2n) is 4.88. The molecule has 0 radical (unpaired) electrons. The standard InChI is InChI=1S/C16H17NO5S/c1-22-13-7-9-14(10-8-13)23(20,21)17-15(16(18)19)11-12-5-3-2-4-6-12/h2-10,15,17H,11H2,1H3,(H,18,19). The number of carboxylic acids is 1. The Hall–Kier alpha value is -2.38. The summed E-state index contributed by atoms with van der Waals surface area (Å²) in [6.45, 7) is 0. The van der Waals surface area contributed by atoms with Gasteiger partial charge in [0.25, 0.3) is 0 Å². The Morgan fingerprint density at radius 1 is 1.13 bits per heavy atom. The van der Waals surface area contributed by atoms with Crippen molar-refractivity contribution in [3.05, 3.63) is 60.2 Å². The Kier molecular flexibility index (Phi) is 5.36. The first-order chi connectivity index (χ1) is 10.9. The first-order valence-electron chi connectivity index (χ1n) is 6.85. The lowest BCUT2D eigenvalue weighted by Crippen LogP contribution is -2.42. The quantitative estimate of drug-likeness (QED) is 0.803. The van der Waals surface area contributed by atoms with Crippen molar-refractivity contribution in [2.24, 2.45) is 0 Å². The van der Waals surface area contributed by atoms with Gasteiger partial charge in [-0.25, -0.2) is 8.42 Å². The first-order valence-corrected chi connectivity index (χ1v) is 8.34. The molecule has 23 heavy (non-hydrogen) atoms. The van der Waals surface area contributed by atoms with E-state index in [0.717, 1.165) is 5.56 Å². The average molecular weight is 335 g/mol. The Labute approximate surface area is 134 Å². The molecule has 2 rings (SSSR count). The molecule has 0 amide bonds. The first kappa shape index (κ1) is 17.0. The number of carbonyl (C=O) groups is 1. The van der Waals surface area contributed by atoms with Gasteiger partial charge >= 0.3 is 5.97 Å². The van der Waals surface area contributed by atoms with Crippen molar-refractivity contribution in [1.29, 1.82) is 0 Å². The summed E-state index contributed by atoms with van der Waals surface area (Å²) in [6, 6.07) is 13.3. The van der Waals surface area contributed by atoms with Crippen LogP contribution < -0.4 is 9.46 Å². The molecule has 2 aromatic carbocycles. The smallest absolute Gasteiger partial charge is 0.322 e. The monoisotopic (exact) mass is 335 g/mol. The Bertz CT molecular complexity index is 757. The minimum absolute atomic E-state index is 0.0161. The highest BCUT2D eigenvalue weighted by molar-refractivity contribution is 7.89. The van der Waals surface area contributed by atoms with Gasteiger partial charge in [0.2, 0.25) is 10.0 Å². The van der Waals surface area contributed by atoms with Crippen LogP contribution in [0.3, 0.4) is 0 Å². The van der Waals surface area contributed by atoms with Crippen molar-refractivity contribution in [3.8, 4) is 5.75 Å². The number of nitrogens with one attached hydrogen (secondary N) is 1. The van der Waals surface area contributed by atoms with E-state index in [4.69, 9.17) is 4.74 Å². The maximum atomic E-state index is 12.3. The Morgan fingerprint density at radius 2 is 1.74 bits per heavy atom. The maximum Gasteiger partial charge on any atom is 0.322 e. The summed E-state index contributed by atoms with van der Waals surface area (Å²) in [7, 11) is -2.46. The molecule has 2 N–H and O–H groups in total. The number of hydrogen-bond donors (Lipinski definition) is 2. The molecule has 1 unspecified atom stereocenters. The lowest BCUT2D eigenvalue weighted by Gasteiger charge is -2.15. The molecule has 0 aliphatic carbocycles. The van der Waals surface area contributed by atoms with Crippen LogP contribution >= 0.6 is 0 Å². The predicted molar refractivity (Wildman–Crippen MR) is 84.9 cm³/mol. The van der Waals surface area contributed by atoms with E-state index in [1.54, 1.807) is 30.3 Å². The summed E-state index contributed by atoms with van der Waals surface area (Å²) in [5.41, 5.74) is 0.734. The zero-order valence-electron chi connectivity index (χ0n) is 12.5. The van der Waals surface area contributed by atoms with Gasteiger partial charge in [0, 0.05) is 0 Å². The minimum atomic E-state index is -3.94. The number of methoxy groups -OCH3 is 1. The van der Waals surface area contributed by atoms with Gasteiger partial charge in [-0.2, -0.15) is 4.72 Å². The number of aliphatic carboxylic acids is 1. The Balaban J connectivity index is 2.19. The Morgan fingerprint density at radius 3 is 2.26 bits per heavy atom. The van der Waals surface area contributed by atoms with Gasteiger partial charge < -0.3 is 9.84 Å². The van der Waals surface area contributed by atoms with Crippen molar-refractivity contribution in [1.82, 2.24) is 4.72 Å². The van der Waals surface area contributed by atoms with Gasteiger partial charge in [-0.1, -0.05) is 30.3 Å². The third-order valence-corrected chi connectivity index (χ3v) is 4.74. The van der Waals surface area contributed by atoms with E-state index in [1.165, 1.54) is 31.4 Å². The molecule has 0 saturated heterocycles. The lowest BCUT2D eigenvalue weighted by molar-refractivity contribution is -0.138. The van der Waals surface area contributed by atoms with Crippen molar-refractivity contribution in [3.63, 3.8) is 0 Å². The van der Waals surface area contributed by atoms with Crippen LogP contribution in [0.25, 0.3) is 0 Å². The zero-order valence-corrected chi connectivity index (χ0v) is 13.3. The number of rotatable bonds is 7. The molecule has 0 spiro atoms. The van der Waals surface area contributed by atoms with E-state index in [0.29, 0.717) is 5.75 Å². The highest BCUT2D eigenvalue weighted by atomic mass is 32.2. The number of benzene rings is 2. The second-order valence-corrected chi connectivity index (χ2v) is 6.59. The SMILES string of the molecule is COc1ccc(S(=O)(=O)NC(Cc2ccccc2)C(=O)O)cc1. The molecule has 0 heterocycles. The molecule has 0 saturated carbocycles. The summed E-state index contributed by atoms with van der Waals surface area (Å²) in [5, 5.41) is 9.28. The van der Waals surface area contributed by atoms with Crippen LogP contribution in [0.4, 0.5) is 0 Å². The van der Waals surface area contributed by atoms with Gasteiger partial charge in [-0.3, -0.25) is 4.79 Å². The summed E-state index contributed by atoms with van der Waals surface area (Å²) < 4.78 is 31.8. The molecule has 2 aromatic rings. The molecule has 1 atom stereocenters. The number of hydrogen-bond acceptors (Lipinski definition) is 4. The zero-order chi connectivity index (χ0) is 16.9. The van der Waals surface area contributed by atoms with E-state index < -0.39 is 22.0 Å². The predicted octanol–water partition coefficient (Wildman–Crippen LogP) is 1.67. The van der Waals surface area contributed by atoms with Crippen molar-refractivity contribution < 1.29 is 23.1 Å². The van der Waals surface area contributed by atoms with Gasteiger partial charge in [-0.15, -0.1) is 0 Å². The van der Waals surface area contributed by atoms with Crippen molar-refractivity contribution in [2.45, 2.75) is 17.4 Å². The summed E-state index contributed by atoms with van der Waals surface area (Å²) in [4.78, 5) is 11.4. The number of ether oxygens (including phenoxy) is 1. The van der Waals surface area contributed by atoms with Crippen LogP contribution in [0.15, 0.2) is 59.5 Å². The van der Waals surface area contributed by atoms with Gasteiger partial charge in [-0.05, 0) is 36.2 Å². The molecule has 0 aliphatic heterocycles. The average Bonchev–Trinajstić information content (AvgIpc) is 2.55. The van der Waals surface area contributed by atoms with E-state index in [-0.39, 0.29) is 11.3 Å². The number of sulfonamides is 1. The van der Waals surface area contributed by atoms with Gasteiger partial charge in [0.1, 0.15) is 11.8 Å². The summed E-state index contributed by atoms with van der Waals surface area (Å²) in [6.07, 6.45) is 0.0611. The highest BCUT2D eigenvalue weighted by Crippen LogP contribution is 2.16. The molecule has 0 fully saturated rings. The van der Waals surface area contributed by atoms with E-state index in [1.807, 2.05) is 0 Å². The topological polar surface area (TPSA) is 92.7 Å². The van der Waals surface area contributed by atoms with Gasteiger partial charge in [0.05, 0.1) is 12.0 Å². The van der Waals surface area contributed by atoms with Crippen LogP contribution in [0.5, 0.6) is 5.75 Å². The lowest BCUT2D eigenvalue weighted by atomic mass is 10.1.